The number of methoxy groups -OCH3 is 1. The minimum absolute atomic E-state index is 0.122. The molecule has 0 spiro atoms. The van der Waals surface area contributed by atoms with Gasteiger partial charge in [-0.3, -0.25) is 24.0 Å². The Labute approximate surface area is 295 Å². The van der Waals surface area contributed by atoms with Gasteiger partial charge in [-0.05, 0) is 72.2 Å². The maximum atomic E-state index is 14.3. The highest BCUT2D eigenvalue weighted by molar-refractivity contribution is 6.40. The van der Waals surface area contributed by atoms with Crippen LogP contribution in [0.3, 0.4) is 0 Å². The fourth-order valence-electron chi connectivity index (χ4n) is 6.98. The monoisotopic (exact) mass is 692 g/mol. The lowest BCUT2D eigenvalue weighted by Gasteiger charge is -2.31. The van der Waals surface area contributed by atoms with Crippen molar-refractivity contribution in [1.29, 1.82) is 5.26 Å². The number of nitrogens with one attached hydrogen (secondary N) is 1. The first-order chi connectivity index (χ1) is 25.3. The summed E-state index contributed by atoms with van der Waals surface area (Å²) in [6.45, 7) is 1.20. The fourth-order valence-corrected chi connectivity index (χ4v) is 6.98. The molecule has 5 aromatic rings. The van der Waals surface area contributed by atoms with Crippen molar-refractivity contribution in [2.24, 2.45) is 0 Å². The lowest BCUT2D eigenvalue weighted by atomic mass is 9.76. The molecular formula is C40H28N4O8. The molecule has 8 rings (SSSR count). The Morgan fingerprint density at radius 3 is 2.21 bits per heavy atom. The van der Waals surface area contributed by atoms with Crippen LogP contribution in [0.15, 0.2) is 83.7 Å². The summed E-state index contributed by atoms with van der Waals surface area (Å²) in [6.07, 6.45) is 6.88. The van der Waals surface area contributed by atoms with Crippen molar-refractivity contribution in [3.8, 4) is 11.8 Å². The van der Waals surface area contributed by atoms with Gasteiger partial charge in [0.15, 0.2) is 11.6 Å². The molecule has 1 aliphatic heterocycles. The van der Waals surface area contributed by atoms with Crippen LogP contribution in [0.1, 0.15) is 70.7 Å². The second-order valence-electron chi connectivity index (χ2n) is 12.4. The molecule has 12 nitrogen and oxygen atoms in total. The number of fused-ring (bicyclic) bond motifs is 1. The largest absolute Gasteiger partial charge is 0.489 e. The van der Waals surface area contributed by atoms with E-state index in [1.807, 2.05) is 24.3 Å². The molecule has 2 amide bonds. The van der Waals surface area contributed by atoms with Gasteiger partial charge in [0.1, 0.15) is 24.1 Å². The summed E-state index contributed by atoms with van der Waals surface area (Å²) < 4.78 is 16.7. The molecule has 0 saturated heterocycles. The van der Waals surface area contributed by atoms with Gasteiger partial charge in [-0.2, -0.15) is 5.26 Å². The maximum Gasteiger partial charge on any atom is 0.266 e. The number of hydrogen-bond acceptors (Lipinski definition) is 10. The first-order valence-corrected chi connectivity index (χ1v) is 16.5. The van der Waals surface area contributed by atoms with Gasteiger partial charge in [0.25, 0.3) is 17.4 Å². The Kier molecular flexibility index (Phi) is 8.14. The van der Waals surface area contributed by atoms with Crippen LogP contribution in [0.5, 0.6) is 5.75 Å². The molecule has 0 atom stereocenters. The zero-order chi connectivity index (χ0) is 36.1. The number of anilines is 1. The number of hydrogen-bond donors (Lipinski definition) is 1. The van der Waals surface area contributed by atoms with Crippen LogP contribution in [0.4, 0.5) is 5.69 Å². The molecule has 1 aromatic heterocycles. The summed E-state index contributed by atoms with van der Waals surface area (Å²) in [4.78, 5) is 77.8. The number of rotatable bonds is 10. The average molecular weight is 693 g/mol. The van der Waals surface area contributed by atoms with E-state index in [4.69, 9.17) is 14.2 Å². The minimum Gasteiger partial charge on any atom is -0.489 e. The van der Waals surface area contributed by atoms with E-state index in [2.05, 4.69) is 16.0 Å². The van der Waals surface area contributed by atoms with Crippen molar-refractivity contribution in [2.75, 3.05) is 38.4 Å². The Bertz CT molecular complexity index is 2510. The highest BCUT2D eigenvalue weighted by atomic mass is 16.5. The number of ketones is 2. The van der Waals surface area contributed by atoms with E-state index in [0.717, 1.165) is 22.5 Å². The van der Waals surface area contributed by atoms with Gasteiger partial charge in [-0.25, -0.2) is 9.88 Å². The van der Waals surface area contributed by atoms with Crippen LogP contribution in [0, 0.1) is 11.3 Å². The molecule has 2 heterocycles. The standard InChI is InChI=1S/C40H28N4O8/c1-50-14-15-51-16-17-52-31-19-23(22-4-2-3-5-22)7-13-30(31)44-39(48)26-10-8-24-32-25(9-11-27(33(26)32)40(44)49)36(46)34(35(24)45)37-42-29-12-6-21(20-41)18-28(29)38(47)43-37/h2,4-13,18-19,34H,3,14-17H2,1H3,(H,42,43,47). The Balaban J connectivity index is 1.18. The van der Waals surface area contributed by atoms with Gasteiger partial charge in [0, 0.05) is 40.1 Å². The summed E-state index contributed by atoms with van der Waals surface area (Å²) in [7, 11) is 1.58. The summed E-state index contributed by atoms with van der Waals surface area (Å²) in [5, 5.41) is 9.78. The van der Waals surface area contributed by atoms with E-state index in [0.29, 0.717) is 19.0 Å². The number of carbonyl (C=O) groups is 4. The molecule has 2 aliphatic carbocycles. The molecule has 12 heteroatoms. The molecule has 0 fully saturated rings. The number of allylic oxidation sites excluding steroid dienone is 4. The van der Waals surface area contributed by atoms with Crippen LogP contribution < -0.4 is 15.2 Å². The maximum absolute atomic E-state index is 14.3. The molecule has 4 aromatic carbocycles. The summed E-state index contributed by atoms with van der Waals surface area (Å²) in [5.74, 6) is -3.85. The van der Waals surface area contributed by atoms with Gasteiger partial charge in [-0.1, -0.05) is 24.3 Å². The minimum atomic E-state index is -1.47. The second kappa shape index (κ2) is 13.0. The zero-order valence-corrected chi connectivity index (χ0v) is 27.7. The van der Waals surface area contributed by atoms with Crippen LogP contribution in [0.2, 0.25) is 0 Å². The highest BCUT2D eigenvalue weighted by Gasteiger charge is 2.43. The molecule has 0 bridgehead atoms. The smallest absolute Gasteiger partial charge is 0.266 e. The number of Topliss-reactive ketones (excluding diaryl/α,β-unsaturated/α-hetero) is 2. The van der Waals surface area contributed by atoms with Crippen molar-refractivity contribution < 1.29 is 33.4 Å². The van der Waals surface area contributed by atoms with E-state index in [9.17, 15) is 29.2 Å². The molecule has 256 valence electrons. The first-order valence-electron chi connectivity index (χ1n) is 16.5. The molecule has 0 radical (unpaired) electrons. The van der Waals surface area contributed by atoms with Crippen molar-refractivity contribution in [1.82, 2.24) is 9.97 Å². The average Bonchev–Trinajstić information content (AvgIpc) is 3.70. The van der Waals surface area contributed by atoms with Gasteiger partial charge < -0.3 is 19.2 Å². The molecule has 0 unspecified atom stereocenters. The van der Waals surface area contributed by atoms with E-state index < -0.39 is 34.9 Å². The van der Waals surface area contributed by atoms with E-state index in [1.165, 1.54) is 42.5 Å². The molecule has 1 N–H and O–H groups in total. The first kappa shape index (κ1) is 32.6. The normalized spacial score (nSPS) is 15.2. The van der Waals surface area contributed by atoms with E-state index in [1.54, 1.807) is 19.2 Å². The number of carbonyl (C=O) groups excluding carboxylic acids is 4. The SMILES string of the molecule is COCCOCCOc1cc(C2=CCC=C2)ccc1N1C(=O)c2ccc3c4c(ccc(c24)C1=O)C(=O)C(c1nc2ccc(C#N)cc2c(=O)[nH]1)C3=O. The highest BCUT2D eigenvalue weighted by Crippen LogP contribution is 2.43. The van der Waals surface area contributed by atoms with Crippen molar-refractivity contribution in [2.45, 2.75) is 12.3 Å². The van der Waals surface area contributed by atoms with Crippen LogP contribution in [-0.2, 0) is 9.47 Å². The van der Waals surface area contributed by atoms with E-state index in [-0.39, 0.29) is 74.2 Å². The third-order valence-corrected chi connectivity index (χ3v) is 9.43. The van der Waals surface area contributed by atoms with Crippen LogP contribution in [0.25, 0.3) is 27.2 Å². The lowest BCUT2D eigenvalue weighted by molar-refractivity contribution is 0.0544. The van der Waals surface area contributed by atoms with Gasteiger partial charge in [-0.15, -0.1) is 0 Å². The third-order valence-electron chi connectivity index (χ3n) is 9.43. The number of benzene rings is 4. The van der Waals surface area contributed by atoms with Crippen molar-refractivity contribution in [3.05, 3.63) is 128 Å². The Morgan fingerprint density at radius 1 is 0.846 bits per heavy atom. The number of nitrogens with zero attached hydrogens (tertiary/aromatic N) is 3. The number of aromatic nitrogens is 2. The van der Waals surface area contributed by atoms with Gasteiger partial charge in [0.2, 0.25) is 0 Å². The summed E-state index contributed by atoms with van der Waals surface area (Å²) in [6, 6.07) is 17.5. The summed E-state index contributed by atoms with van der Waals surface area (Å²) >= 11 is 0. The fraction of sp³-hybridized carbons (Fsp3) is 0.175. The third kappa shape index (κ3) is 5.22. The van der Waals surface area contributed by atoms with E-state index >= 15 is 0 Å². The Morgan fingerprint density at radius 2 is 1.54 bits per heavy atom. The molecule has 3 aliphatic rings. The molecule has 0 saturated carbocycles. The number of ether oxygens (including phenoxy) is 3. The predicted molar refractivity (Wildman–Crippen MR) is 190 cm³/mol. The molecular weight excluding hydrogens is 664 g/mol. The van der Waals surface area contributed by atoms with Gasteiger partial charge in [0.05, 0.1) is 48.0 Å². The molecule has 52 heavy (non-hydrogen) atoms. The van der Waals surface area contributed by atoms with Crippen LogP contribution >= 0.6 is 0 Å². The predicted octanol–water partition coefficient (Wildman–Crippen LogP) is 5.30. The second-order valence-corrected chi connectivity index (χ2v) is 12.4. The zero-order valence-electron chi connectivity index (χ0n) is 27.7. The Hall–Kier alpha value is -6.55. The van der Waals surface area contributed by atoms with Crippen molar-refractivity contribution in [3.63, 3.8) is 0 Å². The lowest BCUT2D eigenvalue weighted by Crippen LogP contribution is -2.41. The number of imide groups is 1. The van der Waals surface area contributed by atoms with Crippen molar-refractivity contribution >= 4 is 56.3 Å². The van der Waals surface area contributed by atoms with Crippen LogP contribution in [-0.4, -0.2) is 66.9 Å². The summed E-state index contributed by atoms with van der Waals surface area (Å²) in [5.41, 5.74) is 2.47. The van der Waals surface area contributed by atoms with Gasteiger partial charge >= 0.3 is 0 Å². The number of nitriles is 1. The quantitative estimate of drug-likeness (QED) is 0.115. The number of amides is 2. The number of aromatic amines is 1. The topological polar surface area (TPSA) is 169 Å². The number of H-pyrrole nitrogens is 1.